The second kappa shape index (κ2) is 7.35. The number of carbonyl (C=O) groups excluding carboxylic acids is 1. The number of hydrogen-bond donors (Lipinski definition) is 0. The van der Waals surface area contributed by atoms with Crippen molar-refractivity contribution < 1.29 is 22.5 Å². The summed E-state index contributed by atoms with van der Waals surface area (Å²) in [6.45, 7) is 2.47. The van der Waals surface area contributed by atoms with Gasteiger partial charge in [-0.25, -0.2) is 0 Å². The molecule has 2 aromatic carbocycles. The number of benzene rings is 2. The van der Waals surface area contributed by atoms with Crippen LogP contribution in [-0.4, -0.2) is 22.6 Å². The minimum atomic E-state index is -4.40. The van der Waals surface area contributed by atoms with Crippen LogP contribution in [0.25, 0.3) is 11.4 Å². The molecule has 4 rings (SSSR count). The van der Waals surface area contributed by atoms with Crippen LogP contribution in [0.4, 0.5) is 18.9 Å². The molecule has 1 amide bonds. The third-order valence-electron chi connectivity index (χ3n) is 5.02. The maximum absolute atomic E-state index is 12.7. The van der Waals surface area contributed by atoms with E-state index < -0.39 is 11.7 Å². The molecular weight excluding hydrogens is 383 g/mol. The molecule has 0 saturated carbocycles. The molecule has 1 atom stereocenters. The third-order valence-corrected chi connectivity index (χ3v) is 5.02. The second-order valence-electron chi connectivity index (χ2n) is 6.96. The maximum Gasteiger partial charge on any atom is 0.416 e. The largest absolute Gasteiger partial charge is 0.416 e. The Hall–Kier alpha value is -3.16. The van der Waals surface area contributed by atoms with E-state index in [1.807, 2.05) is 24.3 Å². The minimum Gasteiger partial charge on any atom is -0.339 e. The Morgan fingerprint density at radius 2 is 1.93 bits per heavy atom. The number of halogens is 3. The average Bonchev–Trinajstić information content (AvgIpc) is 3.34. The number of hydrogen-bond acceptors (Lipinski definition) is 4. The zero-order valence-corrected chi connectivity index (χ0v) is 15.6. The van der Waals surface area contributed by atoms with Crippen molar-refractivity contribution in [2.45, 2.75) is 31.9 Å². The van der Waals surface area contributed by atoms with Crippen LogP contribution in [0.1, 0.15) is 36.3 Å². The standard InChI is InChI=1S/C21H18F3N3O2/c1-2-13-4-3-5-17(10-13)27-12-15(11-18(27)28)20-25-19(26-29-20)14-6-8-16(9-7-14)21(22,23)24/h3-10,15H,2,11-12H2,1H3. The van der Waals surface area contributed by atoms with Crippen molar-refractivity contribution in [3.05, 3.63) is 65.5 Å². The van der Waals surface area contributed by atoms with Crippen LogP contribution >= 0.6 is 0 Å². The predicted octanol–water partition coefficient (Wildman–Crippen LogP) is 4.84. The number of nitrogens with zero attached hydrogens (tertiary/aromatic N) is 3. The normalized spacial score (nSPS) is 17.2. The fourth-order valence-electron chi connectivity index (χ4n) is 3.39. The van der Waals surface area contributed by atoms with Gasteiger partial charge in [-0.3, -0.25) is 4.79 Å². The van der Waals surface area contributed by atoms with Gasteiger partial charge in [-0.15, -0.1) is 0 Å². The highest BCUT2D eigenvalue weighted by Gasteiger charge is 2.35. The fourth-order valence-corrected chi connectivity index (χ4v) is 3.39. The van der Waals surface area contributed by atoms with Crippen LogP contribution in [0.3, 0.4) is 0 Å². The van der Waals surface area contributed by atoms with E-state index in [2.05, 4.69) is 17.1 Å². The summed E-state index contributed by atoms with van der Waals surface area (Å²) in [7, 11) is 0. The van der Waals surface area contributed by atoms with Crippen LogP contribution < -0.4 is 4.90 Å². The second-order valence-corrected chi connectivity index (χ2v) is 6.96. The van der Waals surface area contributed by atoms with Crippen molar-refractivity contribution in [2.24, 2.45) is 0 Å². The summed E-state index contributed by atoms with van der Waals surface area (Å²) in [6, 6.07) is 12.4. The van der Waals surface area contributed by atoms with Crippen molar-refractivity contribution in [3.8, 4) is 11.4 Å². The molecule has 1 fully saturated rings. The monoisotopic (exact) mass is 401 g/mol. The molecule has 1 saturated heterocycles. The number of carbonyl (C=O) groups is 1. The molecule has 5 nitrogen and oxygen atoms in total. The summed E-state index contributed by atoms with van der Waals surface area (Å²) in [5.41, 5.74) is 1.65. The summed E-state index contributed by atoms with van der Waals surface area (Å²) in [5, 5.41) is 3.88. The fraction of sp³-hybridized carbons (Fsp3) is 0.286. The Morgan fingerprint density at radius 1 is 1.17 bits per heavy atom. The molecule has 1 aromatic heterocycles. The first kappa shape index (κ1) is 19.2. The molecule has 1 aliphatic rings. The van der Waals surface area contributed by atoms with Gasteiger partial charge in [0.2, 0.25) is 17.6 Å². The van der Waals surface area contributed by atoms with Gasteiger partial charge in [-0.05, 0) is 36.2 Å². The molecule has 3 aromatic rings. The van der Waals surface area contributed by atoms with Gasteiger partial charge in [0, 0.05) is 24.2 Å². The summed E-state index contributed by atoms with van der Waals surface area (Å²) in [4.78, 5) is 18.5. The van der Waals surface area contributed by atoms with Gasteiger partial charge in [0.05, 0.1) is 11.5 Å². The first-order valence-corrected chi connectivity index (χ1v) is 9.25. The van der Waals surface area contributed by atoms with Crippen molar-refractivity contribution in [2.75, 3.05) is 11.4 Å². The molecule has 1 aliphatic heterocycles. The van der Waals surface area contributed by atoms with Gasteiger partial charge in [0.1, 0.15) is 0 Å². The number of aromatic nitrogens is 2. The molecule has 150 valence electrons. The van der Waals surface area contributed by atoms with Gasteiger partial charge in [-0.2, -0.15) is 18.2 Å². The van der Waals surface area contributed by atoms with Crippen molar-refractivity contribution in [1.82, 2.24) is 10.1 Å². The van der Waals surface area contributed by atoms with E-state index in [1.54, 1.807) is 4.90 Å². The van der Waals surface area contributed by atoms with E-state index in [0.717, 1.165) is 29.8 Å². The van der Waals surface area contributed by atoms with Gasteiger partial charge in [0.15, 0.2) is 0 Å². The Balaban J connectivity index is 1.52. The summed E-state index contributed by atoms with van der Waals surface area (Å²) < 4.78 is 43.4. The highest BCUT2D eigenvalue weighted by atomic mass is 19.4. The van der Waals surface area contributed by atoms with Crippen molar-refractivity contribution in [1.29, 1.82) is 0 Å². The van der Waals surface area contributed by atoms with Gasteiger partial charge in [0.25, 0.3) is 0 Å². The summed E-state index contributed by atoms with van der Waals surface area (Å²) in [5.74, 6) is 0.219. The van der Waals surface area contributed by atoms with E-state index in [1.165, 1.54) is 12.1 Å². The number of rotatable bonds is 4. The summed E-state index contributed by atoms with van der Waals surface area (Å²) >= 11 is 0. The first-order chi connectivity index (χ1) is 13.8. The Kier molecular flexibility index (Phi) is 4.86. The zero-order chi connectivity index (χ0) is 20.6. The van der Waals surface area contributed by atoms with E-state index in [4.69, 9.17) is 4.52 Å². The Morgan fingerprint density at radius 3 is 2.62 bits per heavy atom. The van der Waals surface area contributed by atoms with Crippen LogP contribution in [0, 0.1) is 0 Å². The van der Waals surface area contributed by atoms with E-state index in [9.17, 15) is 18.0 Å². The lowest BCUT2D eigenvalue weighted by atomic mass is 10.1. The van der Waals surface area contributed by atoms with Gasteiger partial charge in [-0.1, -0.05) is 36.3 Å². The number of anilines is 1. The Bertz CT molecular complexity index is 1030. The molecule has 8 heteroatoms. The van der Waals surface area contributed by atoms with Crippen LogP contribution in [-0.2, 0) is 17.4 Å². The van der Waals surface area contributed by atoms with Crippen LogP contribution in [0.15, 0.2) is 53.1 Å². The highest BCUT2D eigenvalue weighted by molar-refractivity contribution is 5.96. The van der Waals surface area contributed by atoms with E-state index in [-0.39, 0.29) is 24.1 Å². The van der Waals surface area contributed by atoms with E-state index in [0.29, 0.717) is 18.0 Å². The minimum absolute atomic E-state index is 0.0301. The number of alkyl halides is 3. The van der Waals surface area contributed by atoms with Crippen LogP contribution in [0.5, 0.6) is 0 Å². The summed E-state index contributed by atoms with van der Waals surface area (Å²) in [6.07, 6.45) is -3.28. The molecule has 0 aliphatic carbocycles. The lowest BCUT2D eigenvalue weighted by molar-refractivity contribution is -0.137. The molecule has 0 spiro atoms. The number of aryl methyl sites for hydroxylation is 1. The van der Waals surface area contributed by atoms with Gasteiger partial charge >= 0.3 is 6.18 Å². The first-order valence-electron chi connectivity index (χ1n) is 9.25. The topological polar surface area (TPSA) is 59.2 Å². The average molecular weight is 401 g/mol. The number of amides is 1. The zero-order valence-electron chi connectivity index (χ0n) is 15.6. The predicted molar refractivity (Wildman–Crippen MR) is 100 cm³/mol. The third kappa shape index (κ3) is 3.87. The molecular formula is C21H18F3N3O2. The quantitative estimate of drug-likeness (QED) is 0.628. The molecule has 0 N–H and O–H groups in total. The van der Waals surface area contributed by atoms with E-state index >= 15 is 0 Å². The lowest BCUT2D eigenvalue weighted by Gasteiger charge is -2.16. The van der Waals surface area contributed by atoms with Crippen molar-refractivity contribution in [3.63, 3.8) is 0 Å². The van der Waals surface area contributed by atoms with Gasteiger partial charge < -0.3 is 9.42 Å². The maximum atomic E-state index is 12.7. The lowest BCUT2D eigenvalue weighted by Crippen LogP contribution is -2.24. The molecule has 2 heterocycles. The molecule has 0 radical (unpaired) electrons. The molecule has 1 unspecified atom stereocenters. The Labute approximate surface area is 165 Å². The van der Waals surface area contributed by atoms with Crippen molar-refractivity contribution >= 4 is 11.6 Å². The smallest absolute Gasteiger partial charge is 0.339 e. The molecule has 0 bridgehead atoms. The highest BCUT2D eigenvalue weighted by Crippen LogP contribution is 2.33. The SMILES string of the molecule is CCc1cccc(N2CC(c3nc(-c4ccc(C(F)(F)F)cc4)no3)CC2=O)c1. The van der Waals surface area contributed by atoms with Crippen LogP contribution in [0.2, 0.25) is 0 Å². The molecule has 29 heavy (non-hydrogen) atoms.